The average Bonchev–Trinajstić information content (AvgIpc) is 2.95. The Labute approximate surface area is 113 Å². The fourth-order valence-corrected chi connectivity index (χ4v) is 1.59. The van der Waals surface area contributed by atoms with E-state index in [0.717, 1.165) is 0 Å². The second-order valence-corrected chi connectivity index (χ2v) is 4.04. The number of benzene rings is 1. The Kier molecular flexibility index (Phi) is 3.71. The molecule has 0 spiro atoms. The summed E-state index contributed by atoms with van der Waals surface area (Å²) in [4.78, 5) is 25.6. The van der Waals surface area contributed by atoms with Crippen LogP contribution in [0.1, 0.15) is 13.0 Å². The number of hydrogen-bond donors (Lipinski definition) is 2. The highest BCUT2D eigenvalue weighted by Gasteiger charge is 2.16. The second-order valence-electron chi connectivity index (χ2n) is 4.04. The van der Waals surface area contributed by atoms with E-state index in [0.29, 0.717) is 11.4 Å². The largest absolute Gasteiger partial charge is 0.292 e. The molecule has 0 aliphatic rings. The molecule has 0 saturated heterocycles. The van der Waals surface area contributed by atoms with Crippen molar-refractivity contribution >= 4 is 11.6 Å². The minimum absolute atomic E-state index is 0.0494. The first kappa shape index (κ1) is 13.6. The summed E-state index contributed by atoms with van der Waals surface area (Å²) in [5.41, 5.74) is 2.47. The molecule has 0 saturated carbocycles. The van der Waals surface area contributed by atoms with Crippen molar-refractivity contribution in [3.8, 4) is 11.4 Å². The van der Waals surface area contributed by atoms with Crippen LogP contribution < -0.4 is 11.3 Å². The summed E-state index contributed by atoms with van der Waals surface area (Å²) in [5.74, 6) is 4.93. The maximum atomic E-state index is 11.4. The number of nitro groups is 1. The smallest absolute Gasteiger partial charge is 0.270 e. The molecule has 0 aliphatic carbocycles. The zero-order chi connectivity index (χ0) is 14.7. The third kappa shape index (κ3) is 2.62. The molecule has 9 heteroatoms. The normalized spacial score (nSPS) is 11.9. The van der Waals surface area contributed by atoms with Gasteiger partial charge < -0.3 is 0 Å². The fourth-order valence-electron chi connectivity index (χ4n) is 1.59. The molecule has 2 aromatic rings. The van der Waals surface area contributed by atoms with Crippen LogP contribution in [0.15, 0.2) is 30.6 Å². The van der Waals surface area contributed by atoms with Crippen LogP contribution in [0.5, 0.6) is 0 Å². The molecule has 3 N–H and O–H groups in total. The van der Waals surface area contributed by atoms with Gasteiger partial charge in [0, 0.05) is 17.7 Å². The van der Waals surface area contributed by atoms with Gasteiger partial charge in [0.1, 0.15) is 12.4 Å². The molecule has 1 aromatic carbocycles. The molecule has 1 atom stereocenters. The number of carbonyl (C=O) groups is 1. The molecule has 0 aliphatic heterocycles. The minimum atomic E-state index is -0.625. The van der Waals surface area contributed by atoms with Crippen LogP contribution in [-0.4, -0.2) is 25.6 Å². The molecule has 1 amide bonds. The van der Waals surface area contributed by atoms with E-state index in [-0.39, 0.29) is 5.69 Å². The Morgan fingerprint density at radius 3 is 2.95 bits per heavy atom. The number of aromatic nitrogens is 3. The van der Waals surface area contributed by atoms with Gasteiger partial charge in [-0.3, -0.25) is 20.3 Å². The van der Waals surface area contributed by atoms with Crippen LogP contribution in [-0.2, 0) is 4.79 Å². The molecule has 0 fully saturated rings. The summed E-state index contributed by atoms with van der Waals surface area (Å²) < 4.78 is 1.33. The van der Waals surface area contributed by atoms with Gasteiger partial charge in [0.15, 0.2) is 5.82 Å². The Hall–Kier alpha value is -2.81. The van der Waals surface area contributed by atoms with E-state index in [9.17, 15) is 14.9 Å². The van der Waals surface area contributed by atoms with Gasteiger partial charge in [0.05, 0.1) is 4.92 Å². The average molecular weight is 276 g/mol. The second kappa shape index (κ2) is 5.45. The SMILES string of the molecule is CC(C(=O)NN)n1cnc(-c2cccc([N+](=O)[O-])c2)n1. The van der Waals surface area contributed by atoms with Crippen molar-refractivity contribution in [3.63, 3.8) is 0 Å². The monoisotopic (exact) mass is 276 g/mol. The molecule has 1 heterocycles. The minimum Gasteiger partial charge on any atom is -0.292 e. The van der Waals surface area contributed by atoms with Crippen molar-refractivity contribution < 1.29 is 9.72 Å². The van der Waals surface area contributed by atoms with E-state index in [2.05, 4.69) is 10.1 Å². The number of hydrogen-bond acceptors (Lipinski definition) is 6. The molecule has 2 rings (SSSR count). The Balaban J connectivity index is 2.31. The zero-order valence-corrected chi connectivity index (χ0v) is 10.6. The molecule has 0 radical (unpaired) electrons. The third-order valence-electron chi connectivity index (χ3n) is 2.74. The number of non-ortho nitro benzene ring substituents is 1. The number of carbonyl (C=O) groups excluding carboxylic acids is 1. The standard InChI is InChI=1S/C11H12N6O3/c1-7(11(18)14-12)16-6-13-10(15-16)8-3-2-4-9(5-8)17(19)20/h2-7H,12H2,1H3,(H,14,18). The number of amides is 1. The number of nitrogens with one attached hydrogen (secondary N) is 1. The van der Waals surface area contributed by atoms with Gasteiger partial charge >= 0.3 is 0 Å². The molecule has 1 unspecified atom stereocenters. The summed E-state index contributed by atoms with van der Waals surface area (Å²) in [6, 6.07) is 5.32. The van der Waals surface area contributed by atoms with E-state index >= 15 is 0 Å². The zero-order valence-electron chi connectivity index (χ0n) is 10.6. The van der Waals surface area contributed by atoms with Gasteiger partial charge in [-0.15, -0.1) is 0 Å². The Morgan fingerprint density at radius 2 is 2.30 bits per heavy atom. The van der Waals surface area contributed by atoms with E-state index in [1.165, 1.54) is 23.1 Å². The van der Waals surface area contributed by atoms with Gasteiger partial charge in [0.25, 0.3) is 11.6 Å². The first-order chi connectivity index (χ1) is 9.52. The van der Waals surface area contributed by atoms with E-state index < -0.39 is 16.9 Å². The number of rotatable bonds is 4. The highest BCUT2D eigenvalue weighted by atomic mass is 16.6. The lowest BCUT2D eigenvalue weighted by Gasteiger charge is -2.08. The van der Waals surface area contributed by atoms with Crippen molar-refractivity contribution in [2.24, 2.45) is 5.84 Å². The summed E-state index contributed by atoms with van der Waals surface area (Å²) in [5, 5.41) is 14.8. The summed E-state index contributed by atoms with van der Waals surface area (Å²) in [7, 11) is 0. The maximum Gasteiger partial charge on any atom is 0.270 e. The first-order valence-corrected chi connectivity index (χ1v) is 5.69. The Bertz CT molecular complexity index is 653. The molecular weight excluding hydrogens is 264 g/mol. The molecular formula is C11H12N6O3. The maximum absolute atomic E-state index is 11.4. The van der Waals surface area contributed by atoms with Gasteiger partial charge in [-0.05, 0) is 6.92 Å². The summed E-state index contributed by atoms with van der Waals surface area (Å²) in [6.45, 7) is 1.61. The van der Waals surface area contributed by atoms with Gasteiger partial charge in [-0.2, -0.15) is 5.10 Å². The summed E-state index contributed by atoms with van der Waals surface area (Å²) >= 11 is 0. The van der Waals surface area contributed by atoms with Crippen LogP contribution >= 0.6 is 0 Å². The van der Waals surface area contributed by atoms with Crippen molar-refractivity contribution in [1.29, 1.82) is 0 Å². The molecule has 1 aromatic heterocycles. The van der Waals surface area contributed by atoms with Crippen LogP contribution in [0.25, 0.3) is 11.4 Å². The predicted octanol–water partition coefficient (Wildman–Crippen LogP) is 0.404. The third-order valence-corrected chi connectivity index (χ3v) is 2.74. The topological polar surface area (TPSA) is 129 Å². The van der Waals surface area contributed by atoms with Crippen molar-refractivity contribution in [2.75, 3.05) is 0 Å². The first-order valence-electron chi connectivity index (χ1n) is 5.69. The van der Waals surface area contributed by atoms with Gasteiger partial charge in [0.2, 0.25) is 0 Å². The molecule has 20 heavy (non-hydrogen) atoms. The lowest BCUT2D eigenvalue weighted by Crippen LogP contribution is -2.36. The van der Waals surface area contributed by atoms with Crippen molar-refractivity contribution in [3.05, 3.63) is 40.7 Å². The van der Waals surface area contributed by atoms with Crippen LogP contribution in [0.2, 0.25) is 0 Å². The summed E-state index contributed by atoms with van der Waals surface area (Å²) in [6.07, 6.45) is 1.37. The highest BCUT2D eigenvalue weighted by molar-refractivity contribution is 5.79. The number of nitrogens with zero attached hydrogens (tertiary/aromatic N) is 4. The van der Waals surface area contributed by atoms with Crippen LogP contribution in [0.3, 0.4) is 0 Å². The predicted molar refractivity (Wildman–Crippen MR) is 69.2 cm³/mol. The van der Waals surface area contributed by atoms with Crippen molar-refractivity contribution in [1.82, 2.24) is 20.2 Å². The van der Waals surface area contributed by atoms with Crippen LogP contribution in [0, 0.1) is 10.1 Å². The highest BCUT2D eigenvalue weighted by Crippen LogP contribution is 2.21. The lowest BCUT2D eigenvalue weighted by molar-refractivity contribution is -0.384. The number of hydrazine groups is 1. The number of nitro benzene ring substituents is 1. The lowest BCUT2D eigenvalue weighted by atomic mass is 10.2. The number of nitrogens with two attached hydrogens (primary N) is 1. The van der Waals surface area contributed by atoms with Crippen LogP contribution in [0.4, 0.5) is 5.69 Å². The van der Waals surface area contributed by atoms with Crippen molar-refractivity contribution in [2.45, 2.75) is 13.0 Å². The molecule has 0 bridgehead atoms. The van der Waals surface area contributed by atoms with Gasteiger partial charge in [-0.1, -0.05) is 12.1 Å². The van der Waals surface area contributed by atoms with E-state index in [4.69, 9.17) is 5.84 Å². The van der Waals surface area contributed by atoms with E-state index in [1.54, 1.807) is 19.1 Å². The molecule has 9 nitrogen and oxygen atoms in total. The Morgan fingerprint density at radius 1 is 1.55 bits per heavy atom. The van der Waals surface area contributed by atoms with Gasteiger partial charge in [-0.25, -0.2) is 15.5 Å². The molecule has 104 valence electrons. The van der Waals surface area contributed by atoms with E-state index in [1.807, 2.05) is 5.43 Å². The fraction of sp³-hybridized carbons (Fsp3) is 0.182. The quantitative estimate of drug-likeness (QED) is 0.360.